The quantitative estimate of drug-likeness (QED) is 0.0274. The summed E-state index contributed by atoms with van der Waals surface area (Å²) in [6.45, 7) is 6.58. The van der Waals surface area contributed by atoms with Crippen molar-refractivity contribution in [3.63, 3.8) is 0 Å². The van der Waals surface area contributed by atoms with Crippen LogP contribution in [-0.4, -0.2) is 37.2 Å². The predicted molar refractivity (Wildman–Crippen MR) is 210 cm³/mol. The zero-order chi connectivity index (χ0) is 36.6. The van der Waals surface area contributed by atoms with E-state index in [-0.39, 0.29) is 31.1 Å². The normalized spacial score (nSPS) is 12.0. The van der Waals surface area contributed by atoms with Crippen LogP contribution in [0.1, 0.15) is 233 Å². The lowest BCUT2D eigenvalue weighted by atomic mass is 10.1. The van der Waals surface area contributed by atoms with Crippen LogP contribution in [0.25, 0.3) is 0 Å². The fourth-order valence-electron chi connectivity index (χ4n) is 6.20. The van der Waals surface area contributed by atoms with E-state index in [4.69, 9.17) is 14.2 Å². The van der Waals surface area contributed by atoms with Gasteiger partial charge in [-0.15, -0.1) is 0 Å². The number of hydrogen-bond acceptors (Lipinski definition) is 6. The third-order valence-corrected chi connectivity index (χ3v) is 9.52. The molecular weight excluding hydrogens is 624 g/mol. The van der Waals surface area contributed by atoms with E-state index in [0.29, 0.717) is 19.3 Å². The van der Waals surface area contributed by atoms with E-state index in [1.165, 1.54) is 128 Å². The zero-order valence-corrected chi connectivity index (χ0v) is 33.4. The molecule has 0 aromatic rings. The minimum absolute atomic E-state index is 0.0691. The van der Waals surface area contributed by atoms with Gasteiger partial charge in [0.2, 0.25) is 0 Å². The summed E-state index contributed by atoms with van der Waals surface area (Å²) in [5.74, 6) is -0.878. The molecule has 0 bridgehead atoms. The molecule has 0 aliphatic heterocycles. The second kappa shape index (κ2) is 39.9. The summed E-state index contributed by atoms with van der Waals surface area (Å²) in [6, 6.07) is 0. The smallest absolute Gasteiger partial charge is 0.306 e. The average molecular weight is 707 g/mol. The topological polar surface area (TPSA) is 78.9 Å². The minimum atomic E-state index is -0.763. The summed E-state index contributed by atoms with van der Waals surface area (Å²) in [5.41, 5.74) is 0. The van der Waals surface area contributed by atoms with Crippen LogP contribution < -0.4 is 0 Å². The first-order valence-corrected chi connectivity index (χ1v) is 21.7. The molecule has 0 saturated carbocycles. The maximum Gasteiger partial charge on any atom is 0.306 e. The Bertz CT molecular complexity index is 778. The molecule has 0 aromatic carbocycles. The maximum atomic E-state index is 12.6. The van der Waals surface area contributed by atoms with Gasteiger partial charge < -0.3 is 14.2 Å². The monoisotopic (exact) mass is 707 g/mol. The molecule has 6 nitrogen and oxygen atoms in total. The van der Waals surface area contributed by atoms with Crippen molar-refractivity contribution < 1.29 is 28.6 Å². The molecule has 294 valence electrons. The lowest BCUT2D eigenvalue weighted by molar-refractivity contribution is -0.167. The molecular formula is C44H82O6. The number of unbranched alkanes of at least 4 members (excludes halogenated alkanes) is 26. The number of esters is 3. The van der Waals surface area contributed by atoms with Gasteiger partial charge in [-0.3, -0.25) is 14.4 Å². The van der Waals surface area contributed by atoms with Crippen LogP contribution in [0.5, 0.6) is 0 Å². The summed E-state index contributed by atoms with van der Waals surface area (Å²) in [5, 5.41) is 0. The third-order valence-electron chi connectivity index (χ3n) is 9.52. The van der Waals surface area contributed by atoms with Crippen molar-refractivity contribution in [1.29, 1.82) is 0 Å². The lowest BCUT2D eigenvalue weighted by Crippen LogP contribution is -2.30. The molecule has 1 atom stereocenters. The van der Waals surface area contributed by atoms with Crippen LogP contribution >= 0.6 is 0 Å². The van der Waals surface area contributed by atoms with E-state index in [1.807, 2.05) is 0 Å². The Morgan fingerprint density at radius 3 is 1.02 bits per heavy atom. The summed E-state index contributed by atoms with van der Waals surface area (Å²) in [4.78, 5) is 37.5. The number of rotatable bonds is 39. The van der Waals surface area contributed by atoms with Crippen LogP contribution in [-0.2, 0) is 28.6 Å². The van der Waals surface area contributed by atoms with E-state index in [1.54, 1.807) is 0 Å². The average Bonchev–Trinajstić information content (AvgIpc) is 3.11. The number of hydrogen-bond donors (Lipinski definition) is 0. The van der Waals surface area contributed by atoms with Gasteiger partial charge >= 0.3 is 17.9 Å². The van der Waals surface area contributed by atoms with Gasteiger partial charge in [0.05, 0.1) is 0 Å². The number of ether oxygens (including phenoxy) is 3. The van der Waals surface area contributed by atoms with Crippen molar-refractivity contribution in [2.75, 3.05) is 13.2 Å². The third kappa shape index (κ3) is 37.4. The first-order chi connectivity index (χ1) is 24.5. The first kappa shape index (κ1) is 48.1. The van der Waals surface area contributed by atoms with Crippen molar-refractivity contribution in [2.24, 2.45) is 0 Å². The highest BCUT2D eigenvalue weighted by Gasteiger charge is 2.19. The predicted octanol–water partition coefficient (Wildman–Crippen LogP) is 13.5. The Kier molecular flexibility index (Phi) is 38.5. The van der Waals surface area contributed by atoms with Gasteiger partial charge in [0, 0.05) is 19.3 Å². The molecule has 0 saturated heterocycles. The second-order valence-corrected chi connectivity index (χ2v) is 14.6. The van der Waals surface area contributed by atoms with Crippen LogP contribution in [0.2, 0.25) is 0 Å². The minimum Gasteiger partial charge on any atom is -0.462 e. The zero-order valence-electron chi connectivity index (χ0n) is 33.4. The van der Waals surface area contributed by atoms with Crippen LogP contribution in [0.4, 0.5) is 0 Å². The Morgan fingerprint density at radius 1 is 0.380 bits per heavy atom. The Morgan fingerprint density at radius 2 is 0.660 bits per heavy atom. The molecule has 0 N–H and O–H groups in total. The summed E-state index contributed by atoms with van der Waals surface area (Å²) in [7, 11) is 0. The highest BCUT2D eigenvalue weighted by molar-refractivity contribution is 5.71. The van der Waals surface area contributed by atoms with Crippen LogP contribution in [0.3, 0.4) is 0 Å². The van der Waals surface area contributed by atoms with Gasteiger partial charge in [-0.05, 0) is 44.9 Å². The molecule has 0 aliphatic carbocycles. The van der Waals surface area contributed by atoms with E-state index in [9.17, 15) is 14.4 Å². The molecule has 50 heavy (non-hydrogen) atoms. The highest BCUT2D eigenvalue weighted by Crippen LogP contribution is 2.14. The standard InChI is InChI=1S/C44H82O6/c1-4-7-10-13-16-19-21-22-24-25-28-31-34-37-43(46)49-40-41(39-48-42(45)36-33-30-27-18-15-12-9-6-3)50-44(47)38-35-32-29-26-23-20-17-14-11-8-5-2/h19,21,41H,4-18,20,22-40H2,1-3H3/b21-19-. The lowest BCUT2D eigenvalue weighted by Gasteiger charge is -2.18. The first-order valence-electron chi connectivity index (χ1n) is 21.7. The van der Waals surface area contributed by atoms with Crippen LogP contribution in [0.15, 0.2) is 12.2 Å². The highest BCUT2D eigenvalue weighted by atomic mass is 16.6. The van der Waals surface area contributed by atoms with Gasteiger partial charge in [0.1, 0.15) is 13.2 Å². The molecule has 0 heterocycles. The molecule has 0 rings (SSSR count). The Labute approximate surface area is 310 Å². The van der Waals surface area contributed by atoms with Gasteiger partial charge in [0.15, 0.2) is 6.10 Å². The number of carbonyl (C=O) groups excluding carboxylic acids is 3. The van der Waals surface area contributed by atoms with Gasteiger partial charge in [-0.1, -0.05) is 181 Å². The van der Waals surface area contributed by atoms with Crippen molar-refractivity contribution >= 4 is 17.9 Å². The van der Waals surface area contributed by atoms with E-state index < -0.39 is 6.10 Å². The van der Waals surface area contributed by atoms with Gasteiger partial charge in [-0.25, -0.2) is 0 Å². The summed E-state index contributed by atoms with van der Waals surface area (Å²) in [6.07, 6.45) is 40.5. The second-order valence-electron chi connectivity index (χ2n) is 14.6. The molecule has 0 aliphatic rings. The van der Waals surface area contributed by atoms with Crippen molar-refractivity contribution in [1.82, 2.24) is 0 Å². The van der Waals surface area contributed by atoms with Gasteiger partial charge in [-0.2, -0.15) is 0 Å². The van der Waals surface area contributed by atoms with E-state index >= 15 is 0 Å². The molecule has 1 unspecified atom stereocenters. The summed E-state index contributed by atoms with van der Waals surface area (Å²) < 4.78 is 16.6. The van der Waals surface area contributed by atoms with E-state index in [2.05, 4.69) is 32.9 Å². The van der Waals surface area contributed by atoms with Gasteiger partial charge in [0.25, 0.3) is 0 Å². The Hall–Kier alpha value is -1.85. The van der Waals surface area contributed by atoms with Crippen LogP contribution in [0, 0.1) is 0 Å². The number of carbonyl (C=O) groups is 3. The summed E-state index contributed by atoms with van der Waals surface area (Å²) >= 11 is 0. The molecule has 6 heteroatoms. The molecule has 0 radical (unpaired) electrons. The fraction of sp³-hybridized carbons (Fsp3) is 0.886. The van der Waals surface area contributed by atoms with Crippen molar-refractivity contribution in [2.45, 2.75) is 239 Å². The van der Waals surface area contributed by atoms with E-state index in [0.717, 1.165) is 64.2 Å². The fourth-order valence-corrected chi connectivity index (χ4v) is 6.20. The molecule has 0 fully saturated rings. The molecule has 0 aromatic heterocycles. The van der Waals surface area contributed by atoms with Crippen molar-refractivity contribution in [3.8, 4) is 0 Å². The van der Waals surface area contributed by atoms with Crippen molar-refractivity contribution in [3.05, 3.63) is 12.2 Å². The number of allylic oxidation sites excluding steroid dienone is 2. The SMILES string of the molecule is CCCCCC/C=C\CCCCCCCC(=O)OCC(COC(=O)CCCCCCCCCC)OC(=O)CCCCCCCCCCCCC. The largest absolute Gasteiger partial charge is 0.462 e. The molecule has 0 spiro atoms. The Balaban J connectivity index is 4.33. The maximum absolute atomic E-state index is 12.6. The molecule has 0 amide bonds.